The Morgan fingerprint density at radius 2 is 1.95 bits per heavy atom. The van der Waals surface area contributed by atoms with Crippen molar-refractivity contribution in [3.05, 3.63) is 41.0 Å². The normalized spacial score (nSPS) is 11.3. The largest absolute Gasteiger partial charge is 0.463 e. The van der Waals surface area contributed by atoms with Gasteiger partial charge in [0.15, 0.2) is 0 Å². The molecule has 0 atom stereocenters. The molecule has 0 aliphatic heterocycles. The quantitative estimate of drug-likeness (QED) is 0.370. The van der Waals surface area contributed by atoms with Crippen LogP contribution in [0.25, 0.3) is 11.3 Å². The van der Waals surface area contributed by atoms with Crippen LogP contribution in [0.15, 0.2) is 35.5 Å². The maximum Gasteiger partial charge on any atom is 0.379 e. The van der Waals surface area contributed by atoms with Crippen LogP contribution in [0, 0.1) is 6.92 Å². The zero-order valence-corrected chi connectivity index (χ0v) is 12.6. The number of methoxy groups -OCH3 is 1. The minimum absolute atomic E-state index is 0.0574. The van der Waals surface area contributed by atoms with E-state index in [0.717, 1.165) is 11.3 Å². The van der Waals surface area contributed by atoms with Gasteiger partial charge in [-0.3, -0.25) is 0 Å². The van der Waals surface area contributed by atoms with Gasteiger partial charge in [0, 0.05) is 10.6 Å². The summed E-state index contributed by atoms with van der Waals surface area (Å²) in [4.78, 5) is 16.5. The summed E-state index contributed by atoms with van der Waals surface area (Å²) in [5.74, 6) is -0.701. The Labute approximate surface area is 126 Å². The molecule has 7 heteroatoms. The molecule has 0 radical (unpaired) electrons. The number of hydrogen-bond acceptors (Lipinski definition) is 5. The molecule has 0 aliphatic carbocycles. The van der Waals surface area contributed by atoms with Gasteiger partial charge >= 0.3 is 5.97 Å². The number of nitrogens with zero attached hydrogens (tertiary/aromatic N) is 3. The monoisotopic (exact) mass is 307 g/mol. The van der Waals surface area contributed by atoms with Crippen molar-refractivity contribution >= 4 is 23.4 Å². The Kier molecular flexibility index (Phi) is 4.59. The summed E-state index contributed by atoms with van der Waals surface area (Å²) in [6.07, 6.45) is 0. The lowest BCUT2D eigenvalue weighted by atomic mass is 10.1. The van der Waals surface area contributed by atoms with Gasteiger partial charge in [0.05, 0.1) is 18.5 Å². The van der Waals surface area contributed by atoms with Crippen LogP contribution in [0.2, 0.25) is 5.02 Å². The van der Waals surface area contributed by atoms with Crippen molar-refractivity contribution in [2.75, 3.05) is 14.2 Å². The van der Waals surface area contributed by atoms with Crippen LogP contribution < -0.4 is 0 Å². The molecule has 0 saturated heterocycles. The molecule has 21 heavy (non-hydrogen) atoms. The molecule has 0 unspecified atom stereocenters. The van der Waals surface area contributed by atoms with E-state index in [1.165, 1.54) is 18.9 Å². The zero-order chi connectivity index (χ0) is 15.4. The number of aryl methyl sites for hydroxylation is 1. The number of oxime groups is 1. The van der Waals surface area contributed by atoms with E-state index in [1.54, 1.807) is 12.1 Å². The molecule has 0 aliphatic rings. The van der Waals surface area contributed by atoms with Gasteiger partial charge in [-0.1, -0.05) is 28.9 Å². The Hall–Kier alpha value is -2.34. The van der Waals surface area contributed by atoms with Crippen molar-refractivity contribution in [3.8, 4) is 11.3 Å². The van der Waals surface area contributed by atoms with Gasteiger partial charge in [-0.15, -0.1) is 0 Å². The van der Waals surface area contributed by atoms with Crippen LogP contribution in [-0.4, -0.2) is 35.8 Å². The number of carbonyl (C=O) groups excluding carboxylic acids is 1. The van der Waals surface area contributed by atoms with Gasteiger partial charge in [0.2, 0.25) is 0 Å². The fourth-order valence-electron chi connectivity index (χ4n) is 1.83. The van der Waals surface area contributed by atoms with Crippen LogP contribution in [0.3, 0.4) is 0 Å². The predicted octanol–water partition coefficient (Wildman–Crippen LogP) is 2.49. The fraction of sp³-hybridized carbons (Fsp3) is 0.214. The first-order chi connectivity index (χ1) is 10.1. The second kappa shape index (κ2) is 6.41. The van der Waals surface area contributed by atoms with Gasteiger partial charge in [-0.05, 0) is 25.1 Å². The summed E-state index contributed by atoms with van der Waals surface area (Å²) < 4.78 is 6.09. The molecule has 1 aromatic carbocycles. The second-order valence-electron chi connectivity index (χ2n) is 4.18. The van der Waals surface area contributed by atoms with Gasteiger partial charge in [0.25, 0.3) is 5.84 Å². The lowest BCUT2D eigenvalue weighted by Crippen LogP contribution is -2.26. The average Bonchev–Trinajstić information content (AvgIpc) is 2.86. The third kappa shape index (κ3) is 3.22. The maximum atomic E-state index is 11.8. The molecule has 0 fully saturated rings. The number of esters is 1. The summed E-state index contributed by atoms with van der Waals surface area (Å²) in [6.45, 7) is 1.82. The van der Waals surface area contributed by atoms with Crippen molar-refractivity contribution in [1.82, 2.24) is 9.78 Å². The number of rotatable bonds is 2. The molecule has 0 N–H and O–H groups in total. The first kappa shape index (κ1) is 15.1. The van der Waals surface area contributed by atoms with Crippen LogP contribution in [-0.2, 0) is 14.4 Å². The molecule has 0 spiro atoms. The standard InChI is InChI=1S/C14H14ClN3O3/c1-9-8-12(10-4-6-11(15)7-5-10)18(16-9)13(17-21-3)14(19)20-2/h4-8H,1-3H3/b17-13+. The molecule has 0 bridgehead atoms. The molecule has 2 rings (SSSR count). The third-order valence-corrected chi connectivity index (χ3v) is 2.97. The van der Waals surface area contributed by atoms with E-state index >= 15 is 0 Å². The highest BCUT2D eigenvalue weighted by Gasteiger charge is 2.21. The molecule has 0 saturated carbocycles. The number of carbonyl (C=O) groups is 1. The van der Waals surface area contributed by atoms with Crippen molar-refractivity contribution < 1.29 is 14.4 Å². The molecular formula is C14H14ClN3O3. The molecule has 2 aromatic rings. The predicted molar refractivity (Wildman–Crippen MR) is 79.3 cm³/mol. The number of aromatic nitrogens is 2. The lowest BCUT2D eigenvalue weighted by Gasteiger charge is -2.08. The lowest BCUT2D eigenvalue weighted by molar-refractivity contribution is -0.133. The maximum absolute atomic E-state index is 11.8. The molecular weight excluding hydrogens is 294 g/mol. The average molecular weight is 308 g/mol. The van der Waals surface area contributed by atoms with Crippen LogP contribution in [0.4, 0.5) is 0 Å². The number of ether oxygens (including phenoxy) is 1. The molecule has 6 nitrogen and oxygen atoms in total. The van der Waals surface area contributed by atoms with Gasteiger partial charge in [-0.2, -0.15) is 5.10 Å². The van der Waals surface area contributed by atoms with Gasteiger partial charge in [0.1, 0.15) is 7.11 Å². The van der Waals surface area contributed by atoms with Gasteiger partial charge < -0.3 is 9.57 Å². The fourth-order valence-corrected chi connectivity index (χ4v) is 1.95. The summed E-state index contributed by atoms with van der Waals surface area (Å²) in [6, 6.07) is 9.01. The number of halogens is 1. The van der Waals surface area contributed by atoms with Crippen molar-refractivity contribution in [1.29, 1.82) is 0 Å². The van der Waals surface area contributed by atoms with Crippen molar-refractivity contribution in [3.63, 3.8) is 0 Å². The van der Waals surface area contributed by atoms with Crippen LogP contribution >= 0.6 is 11.6 Å². The molecule has 110 valence electrons. The van der Waals surface area contributed by atoms with Gasteiger partial charge in [-0.25, -0.2) is 9.48 Å². The van der Waals surface area contributed by atoms with E-state index in [4.69, 9.17) is 21.2 Å². The van der Waals surface area contributed by atoms with Crippen molar-refractivity contribution in [2.24, 2.45) is 5.16 Å². The highest BCUT2D eigenvalue weighted by Crippen LogP contribution is 2.22. The van der Waals surface area contributed by atoms with Crippen molar-refractivity contribution in [2.45, 2.75) is 6.92 Å². The van der Waals surface area contributed by atoms with Crippen LogP contribution in [0.5, 0.6) is 0 Å². The summed E-state index contributed by atoms with van der Waals surface area (Å²) in [7, 11) is 2.62. The second-order valence-corrected chi connectivity index (χ2v) is 4.62. The summed E-state index contributed by atoms with van der Waals surface area (Å²) in [5.41, 5.74) is 2.26. The first-order valence-electron chi connectivity index (χ1n) is 6.09. The molecule has 1 aromatic heterocycles. The highest BCUT2D eigenvalue weighted by molar-refractivity contribution is 6.36. The smallest absolute Gasteiger partial charge is 0.379 e. The van der Waals surface area contributed by atoms with E-state index < -0.39 is 5.97 Å². The minimum atomic E-state index is -0.643. The molecule has 0 amide bonds. The Morgan fingerprint density at radius 1 is 1.29 bits per heavy atom. The number of benzene rings is 1. The van der Waals surface area contributed by atoms with E-state index in [2.05, 4.69) is 10.3 Å². The minimum Gasteiger partial charge on any atom is -0.463 e. The topological polar surface area (TPSA) is 65.7 Å². The Bertz CT molecular complexity index is 677. The van der Waals surface area contributed by atoms with E-state index in [-0.39, 0.29) is 5.84 Å². The van der Waals surface area contributed by atoms with E-state index in [1.807, 2.05) is 25.1 Å². The third-order valence-electron chi connectivity index (χ3n) is 2.72. The zero-order valence-electron chi connectivity index (χ0n) is 11.8. The first-order valence-corrected chi connectivity index (χ1v) is 6.47. The van der Waals surface area contributed by atoms with Crippen LogP contribution in [0.1, 0.15) is 5.69 Å². The summed E-state index contributed by atoms with van der Waals surface area (Å²) >= 11 is 5.89. The summed E-state index contributed by atoms with van der Waals surface area (Å²) in [5, 5.41) is 8.59. The number of hydrogen-bond donors (Lipinski definition) is 0. The van der Waals surface area contributed by atoms with E-state index in [0.29, 0.717) is 10.7 Å². The Balaban J connectivity index is 2.56. The Morgan fingerprint density at radius 3 is 2.52 bits per heavy atom. The SMILES string of the molecule is CO/N=C(\C(=O)OC)n1nc(C)cc1-c1ccc(Cl)cc1. The molecule has 1 heterocycles. The highest BCUT2D eigenvalue weighted by atomic mass is 35.5. The van der Waals surface area contributed by atoms with E-state index in [9.17, 15) is 4.79 Å².